The maximum atomic E-state index is 11.7. The summed E-state index contributed by atoms with van der Waals surface area (Å²) in [7, 11) is 3.52. The van der Waals surface area contributed by atoms with Crippen LogP contribution >= 0.6 is 23.1 Å². The van der Waals surface area contributed by atoms with Gasteiger partial charge in [-0.1, -0.05) is 17.8 Å². The minimum absolute atomic E-state index is 0.0767. The number of thiazole rings is 1. The number of amides is 1. The van der Waals surface area contributed by atoms with Gasteiger partial charge in [0.25, 0.3) is 0 Å². The van der Waals surface area contributed by atoms with Crippen LogP contribution in [-0.2, 0) is 17.0 Å². The van der Waals surface area contributed by atoms with E-state index in [1.807, 2.05) is 36.0 Å². The third-order valence-corrected chi connectivity index (χ3v) is 5.05. The van der Waals surface area contributed by atoms with Crippen molar-refractivity contribution in [3.05, 3.63) is 46.7 Å². The molecule has 3 rings (SSSR count). The second-order valence-electron chi connectivity index (χ2n) is 5.02. The van der Waals surface area contributed by atoms with E-state index in [1.54, 1.807) is 30.8 Å². The lowest BCUT2D eigenvalue weighted by Gasteiger charge is -2.07. The molecule has 7 heteroatoms. The summed E-state index contributed by atoms with van der Waals surface area (Å²) in [5.74, 6) is 0.827. The molecule has 0 atom stereocenters. The van der Waals surface area contributed by atoms with Crippen molar-refractivity contribution in [3.8, 4) is 0 Å². The fourth-order valence-electron chi connectivity index (χ4n) is 1.95. The van der Waals surface area contributed by atoms with Crippen LogP contribution in [0.4, 0.5) is 0 Å². The lowest BCUT2D eigenvalue weighted by atomic mass is 10.4. The van der Waals surface area contributed by atoms with E-state index in [2.05, 4.69) is 14.4 Å². The highest BCUT2D eigenvalue weighted by atomic mass is 32.2. The summed E-state index contributed by atoms with van der Waals surface area (Å²) in [5.41, 5.74) is 2.07. The first-order valence-electron chi connectivity index (χ1n) is 6.82. The highest BCUT2D eigenvalue weighted by Gasteiger charge is 2.10. The highest BCUT2D eigenvalue weighted by molar-refractivity contribution is 7.98. The highest BCUT2D eigenvalue weighted by Crippen LogP contribution is 2.23. The molecule has 5 nitrogen and oxygen atoms in total. The molecule has 22 heavy (non-hydrogen) atoms. The Morgan fingerprint density at radius 2 is 2.27 bits per heavy atom. The van der Waals surface area contributed by atoms with E-state index in [0.717, 1.165) is 27.1 Å². The zero-order valence-corrected chi connectivity index (χ0v) is 14.0. The van der Waals surface area contributed by atoms with Gasteiger partial charge in [-0.25, -0.2) is 9.97 Å². The fraction of sp³-hybridized carbons (Fsp3) is 0.267. The number of carbonyl (C=O) groups is 1. The molecule has 0 bridgehead atoms. The van der Waals surface area contributed by atoms with Gasteiger partial charge in [0.15, 0.2) is 5.16 Å². The summed E-state index contributed by atoms with van der Waals surface area (Å²) >= 11 is 3.19. The average molecular weight is 332 g/mol. The van der Waals surface area contributed by atoms with Crippen LogP contribution in [0.5, 0.6) is 0 Å². The summed E-state index contributed by atoms with van der Waals surface area (Å²) in [6.07, 6.45) is 4.24. The lowest BCUT2D eigenvalue weighted by molar-refractivity contribution is -0.127. The largest absolute Gasteiger partial charge is 0.348 e. The van der Waals surface area contributed by atoms with Crippen LogP contribution in [0.2, 0.25) is 0 Å². The molecular weight excluding hydrogens is 316 g/mol. The minimum Gasteiger partial charge on any atom is -0.348 e. The molecule has 0 aliphatic carbocycles. The smallest absolute Gasteiger partial charge is 0.228 e. The van der Waals surface area contributed by atoms with Crippen molar-refractivity contribution in [3.63, 3.8) is 0 Å². The molecule has 0 saturated carbocycles. The van der Waals surface area contributed by atoms with Crippen LogP contribution in [0.1, 0.15) is 10.7 Å². The monoisotopic (exact) mass is 332 g/mol. The summed E-state index contributed by atoms with van der Waals surface area (Å²) in [6.45, 7) is 0. The Bertz CT molecular complexity index is 794. The van der Waals surface area contributed by atoms with Crippen LogP contribution in [0, 0.1) is 0 Å². The molecule has 0 fully saturated rings. The second-order valence-corrected chi connectivity index (χ2v) is 6.91. The van der Waals surface area contributed by atoms with Gasteiger partial charge in [0.05, 0.1) is 23.8 Å². The van der Waals surface area contributed by atoms with E-state index in [0.29, 0.717) is 6.42 Å². The van der Waals surface area contributed by atoms with E-state index in [1.165, 1.54) is 11.3 Å². The van der Waals surface area contributed by atoms with Gasteiger partial charge in [-0.2, -0.15) is 0 Å². The van der Waals surface area contributed by atoms with E-state index in [9.17, 15) is 4.79 Å². The van der Waals surface area contributed by atoms with Crippen LogP contribution in [0.25, 0.3) is 5.52 Å². The molecule has 0 aliphatic heterocycles. The number of likely N-dealkylation sites (N-methyl/N-ethyl adjacent to an activating group) is 1. The molecule has 0 saturated heterocycles. The third-order valence-electron chi connectivity index (χ3n) is 3.15. The predicted molar refractivity (Wildman–Crippen MR) is 89.3 cm³/mol. The van der Waals surface area contributed by atoms with E-state index < -0.39 is 0 Å². The average Bonchev–Trinajstić information content (AvgIpc) is 3.11. The van der Waals surface area contributed by atoms with Crippen LogP contribution in [0.3, 0.4) is 0 Å². The minimum atomic E-state index is 0.0767. The summed E-state index contributed by atoms with van der Waals surface area (Å²) in [5, 5.41) is 3.83. The molecule has 0 radical (unpaired) electrons. The molecule has 1 amide bonds. The molecule has 0 unspecified atom stereocenters. The van der Waals surface area contributed by atoms with E-state index in [-0.39, 0.29) is 5.91 Å². The molecule has 3 aromatic heterocycles. The number of nitrogens with zero attached hydrogens (tertiary/aromatic N) is 4. The van der Waals surface area contributed by atoms with Gasteiger partial charge in [-0.15, -0.1) is 11.3 Å². The van der Waals surface area contributed by atoms with E-state index in [4.69, 9.17) is 0 Å². The topological polar surface area (TPSA) is 50.5 Å². The number of hydrogen-bond donors (Lipinski definition) is 0. The Hall–Kier alpha value is -1.86. The molecule has 0 spiro atoms. The summed E-state index contributed by atoms with van der Waals surface area (Å²) < 4.78 is 2.06. The van der Waals surface area contributed by atoms with Gasteiger partial charge >= 0.3 is 0 Å². The van der Waals surface area contributed by atoms with Crippen molar-refractivity contribution in [2.24, 2.45) is 0 Å². The second kappa shape index (κ2) is 6.50. The van der Waals surface area contributed by atoms with Gasteiger partial charge in [0, 0.05) is 31.4 Å². The number of carbonyl (C=O) groups excluding carboxylic acids is 1. The molecule has 3 aromatic rings. The predicted octanol–water partition coefficient (Wildman–Crippen LogP) is 2.71. The van der Waals surface area contributed by atoms with Crippen LogP contribution < -0.4 is 0 Å². The Morgan fingerprint density at radius 3 is 3.09 bits per heavy atom. The number of imidazole rings is 1. The molecule has 114 valence electrons. The Morgan fingerprint density at radius 1 is 1.41 bits per heavy atom. The fourth-order valence-corrected chi connectivity index (χ4v) is 3.70. The zero-order chi connectivity index (χ0) is 15.5. The maximum absolute atomic E-state index is 11.7. The number of fused-ring (bicyclic) bond motifs is 1. The van der Waals surface area contributed by atoms with Crippen molar-refractivity contribution in [2.75, 3.05) is 14.1 Å². The number of pyridine rings is 1. The number of hydrogen-bond acceptors (Lipinski definition) is 5. The molecule has 0 N–H and O–H groups in total. The zero-order valence-electron chi connectivity index (χ0n) is 12.4. The first kappa shape index (κ1) is 15.1. The number of rotatable bonds is 5. The first-order chi connectivity index (χ1) is 10.6. The van der Waals surface area contributed by atoms with E-state index >= 15 is 0 Å². The normalized spacial score (nSPS) is 11.0. The first-order valence-corrected chi connectivity index (χ1v) is 8.68. The standard InChI is InChI=1S/C15H16N4OS2/c1-18(2)14(20)7-13-17-11(9-21-13)10-22-15-16-8-12-5-3-4-6-19(12)15/h3-6,8-9H,7,10H2,1-2H3. The Balaban J connectivity index is 1.65. The van der Waals surface area contributed by atoms with Crippen LogP contribution in [0.15, 0.2) is 41.1 Å². The summed E-state index contributed by atoms with van der Waals surface area (Å²) in [6, 6.07) is 6.03. The lowest BCUT2D eigenvalue weighted by Crippen LogP contribution is -2.23. The van der Waals surface area contributed by atoms with Crippen LogP contribution in [-0.4, -0.2) is 39.3 Å². The molecular formula is C15H16N4OS2. The van der Waals surface area contributed by atoms with Crippen molar-refractivity contribution >= 4 is 34.5 Å². The van der Waals surface area contributed by atoms with Gasteiger partial charge < -0.3 is 4.90 Å². The van der Waals surface area contributed by atoms with Crippen molar-refractivity contribution in [1.82, 2.24) is 19.3 Å². The quantitative estimate of drug-likeness (QED) is 0.674. The SMILES string of the molecule is CN(C)C(=O)Cc1nc(CSc2ncc3ccccn23)cs1. The molecule has 3 heterocycles. The molecule has 0 aromatic carbocycles. The number of thioether (sulfide) groups is 1. The van der Waals surface area contributed by atoms with Gasteiger partial charge in [0.1, 0.15) is 5.01 Å². The van der Waals surface area contributed by atoms with Gasteiger partial charge in [-0.05, 0) is 12.1 Å². The van der Waals surface area contributed by atoms with Gasteiger partial charge in [-0.3, -0.25) is 9.20 Å². The third kappa shape index (κ3) is 3.31. The van der Waals surface area contributed by atoms with Crippen molar-refractivity contribution < 1.29 is 4.79 Å². The van der Waals surface area contributed by atoms with Crippen molar-refractivity contribution in [2.45, 2.75) is 17.3 Å². The molecule has 0 aliphatic rings. The van der Waals surface area contributed by atoms with Crippen molar-refractivity contribution in [1.29, 1.82) is 0 Å². The number of aromatic nitrogens is 3. The maximum Gasteiger partial charge on any atom is 0.228 e. The van der Waals surface area contributed by atoms with Gasteiger partial charge in [0.2, 0.25) is 5.91 Å². The Labute approximate surface area is 137 Å². The summed E-state index contributed by atoms with van der Waals surface area (Å²) in [4.78, 5) is 22.2. The Kier molecular flexibility index (Phi) is 4.44.